The van der Waals surface area contributed by atoms with E-state index in [9.17, 15) is 10.1 Å². The SMILES string of the molecule is COc1ccc([N+](=O)[O-])cc1OCc1nnc(-c2ccc(Br)cc2)o1. The lowest BCUT2D eigenvalue weighted by molar-refractivity contribution is -0.385. The number of aromatic nitrogens is 2. The van der Waals surface area contributed by atoms with Gasteiger partial charge in [0.05, 0.1) is 18.1 Å². The highest BCUT2D eigenvalue weighted by Gasteiger charge is 2.14. The van der Waals surface area contributed by atoms with Crippen molar-refractivity contribution in [1.29, 1.82) is 0 Å². The minimum absolute atomic E-state index is 0.0406. The van der Waals surface area contributed by atoms with Gasteiger partial charge in [-0.2, -0.15) is 0 Å². The van der Waals surface area contributed by atoms with Crippen LogP contribution in [0.1, 0.15) is 5.89 Å². The molecule has 0 aliphatic heterocycles. The molecule has 2 aromatic carbocycles. The molecule has 0 unspecified atom stereocenters. The number of non-ortho nitro benzene ring substituents is 1. The van der Waals surface area contributed by atoms with Crippen molar-refractivity contribution in [3.63, 3.8) is 0 Å². The summed E-state index contributed by atoms with van der Waals surface area (Å²) in [6.45, 7) is -0.0406. The third-order valence-electron chi connectivity index (χ3n) is 3.27. The van der Waals surface area contributed by atoms with E-state index < -0.39 is 4.92 Å². The molecule has 0 bridgehead atoms. The molecular formula is C16H12BrN3O5. The lowest BCUT2D eigenvalue weighted by Gasteiger charge is -2.08. The second-order valence-electron chi connectivity index (χ2n) is 4.89. The van der Waals surface area contributed by atoms with Gasteiger partial charge in [-0.15, -0.1) is 10.2 Å². The van der Waals surface area contributed by atoms with Gasteiger partial charge in [-0.05, 0) is 30.3 Å². The molecule has 0 spiro atoms. The summed E-state index contributed by atoms with van der Waals surface area (Å²) in [6.07, 6.45) is 0. The molecule has 0 aliphatic rings. The highest BCUT2D eigenvalue weighted by molar-refractivity contribution is 9.10. The molecule has 3 rings (SSSR count). The Kier molecular flexibility index (Phi) is 4.94. The summed E-state index contributed by atoms with van der Waals surface area (Å²) < 4.78 is 17.2. The summed E-state index contributed by atoms with van der Waals surface area (Å²) in [4.78, 5) is 10.4. The Bertz CT molecular complexity index is 895. The fourth-order valence-electron chi connectivity index (χ4n) is 2.05. The summed E-state index contributed by atoms with van der Waals surface area (Å²) in [5.41, 5.74) is 0.673. The molecule has 0 saturated carbocycles. The van der Waals surface area contributed by atoms with Gasteiger partial charge in [0.2, 0.25) is 5.89 Å². The van der Waals surface area contributed by atoms with Crippen molar-refractivity contribution in [3.8, 4) is 23.0 Å². The maximum absolute atomic E-state index is 10.9. The number of nitro benzene ring substituents is 1. The molecule has 0 radical (unpaired) electrons. The van der Waals surface area contributed by atoms with E-state index in [1.807, 2.05) is 24.3 Å². The zero-order chi connectivity index (χ0) is 17.8. The van der Waals surface area contributed by atoms with Gasteiger partial charge in [0, 0.05) is 16.1 Å². The van der Waals surface area contributed by atoms with Gasteiger partial charge in [0.1, 0.15) is 0 Å². The highest BCUT2D eigenvalue weighted by Crippen LogP contribution is 2.31. The molecule has 3 aromatic rings. The minimum atomic E-state index is -0.509. The first-order chi connectivity index (χ1) is 12.1. The molecule has 1 heterocycles. The molecule has 0 fully saturated rings. The largest absolute Gasteiger partial charge is 0.493 e. The van der Waals surface area contributed by atoms with Crippen LogP contribution in [0.3, 0.4) is 0 Å². The standard InChI is InChI=1S/C16H12BrN3O5/c1-23-13-7-6-12(20(21)22)8-14(13)24-9-15-18-19-16(25-15)10-2-4-11(17)5-3-10/h2-8H,9H2,1H3. The number of hydrogen-bond donors (Lipinski definition) is 0. The third-order valence-corrected chi connectivity index (χ3v) is 3.80. The fourth-order valence-corrected chi connectivity index (χ4v) is 2.32. The summed E-state index contributed by atoms with van der Waals surface area (Å²) in [6, 6.07) is 11.5. The number of nitro groups is 1. The van der Waals surface area contributed by atoms with E-state index in [0.29, 0.717) is 11.6 Å². The van der Waals surface area contributed by atoms with Crippen LogP contribution < -0.4 is 9.47 Å². The Morgan fingerprint density at radius 2 is 1.92 bits per heavy atom. The van der Waals surface area contributed by atoms with Crippen molar-refractivity contribution in [2.75, 3.05) is 7.11 Å². The first kappa shape index (κ1) is 16.9. The van der Waals surface area contributed by atoms with Crippen molar-refractivity contribution in [2.45, 2.75) is 6.61 Å². The van der Waals surface area contributed by atoms with Gasteiger partial charge in [0.25, 0.3) is 11.6 Å². The van der Waals surface area contributed by atoms with E-state index >= 15 is 0 Å². The van der Waals surface area contributed by atoms with E-state index in [4.69, 9.17) is 13.9 Å². The van der Waals surface area contributed by atoms with Gasteiger partial charge in [-0.1, -0.05) is 15.9 Å². The van der Waals surface area contributed by atoms with E-state index in [2.05, 4.69) is 26.1 Å². The van der Waals surface area contributed by atoms with Gasteiger partial charge in [0.15, 0.2) is 18.1 Å². The van der Waals surface area contributed by atoms with Crippen molar-refractivity contribution < 1.29 is 18.8 Å². The maximum atomic E-state index is 10.9. The topological polar surface area (TPSA) is 101 Å². The van der Waals surface area contributed by atoms with Crippen LogP contribution in [0.5, 0.6) is 11.5 Å². The molecule has 0 N–H and O–H groups in total. The molecular weight excluding hydrogens is 394 g/mol. The zero-order valence-electron chi connectivity index (χ0n) is 13.0. The summed E-state index contributed by atoms with van der Waals surface area (Å²) >= 11 is 3.36. The summed E-state index contributed by atoms with van der Waals surface area (Å²) in [5.74, 6) is 1.20. The van der Waals surface area contributed by atoms with Gasteiger partial charge >= 0.3 is 0 Å². The van der Waals surface area contributed by atoms with Crippen LogP contribution in [0.25, 0.3) is 11.5 Å². The Hall–Kier alpha value is -2.94. The van der Waals surface area contributed by atoms with Crippen molar-refractivity contribution in [2.24, 2.45) is 0 Å². The van der Waals surface area contributed by atoms with Gasteiger partial charge in [-0.25, -0.2) is 0 Å². The quantitative estimate of drug-likeness (QED) is 0.451. The van der Waals surface area contributed by atoms with Gasteiger partial charge < -0.3 is 13.9 Å². The Labute approximate surface area is 150 Å². The number of methoxy groups -OCH3 is 1. The van der Waals surface area contributed by atoms with Crippen molar-refractivity contribution in [3.05, 3.63) is 62.9 Å². The average Bonchev–Trinajstić information content (AvgIpc) is 3.09. The predicted molar refractivity (Wildman–Crippen MR) is 91.4 cm³/mol. The first-order valence-corrected chi connectivity index (χ1v) is 7.89. The molecule has 1 aromatic heterocycles. The van der Waals surface area contributed by atoms with Crippen LogP contribution in [0.15, 0.2) is 51.4 Å². The number of rotatable bonds is 6. The zero-order valence-corrected chi connectivity index (χ0v) is 14.6. The Morgan fingerprint density at radius 3 is 2.60 bits per heavy atom. The monoisotopic (exact) mass is 405 g/mol. The number of halogens is 1. The van der Waals surface area contributed by atoms with Crippen molar-refractivity contribution >= 4 is 21.6 Å². The number of hydrogen-bond acceptors (Lipinski definition) is 7. The predicted octanol–water partition coefficient (Wildman–Crippen LogP) is 3.99. The number of benzene rings is 2. The summed E-state index contributed by atoms with van der Waals surface area (Å²) in [5, 5.41) is 18.8. The van der Waals surface area contributed by atoms with E-state index in [0.717, 1.165) is 10.0 Å². The highest BCUT2D eigenvalue weighted by atomic mass is 79.9. The molecule has 0 atom stereocenters. The van der Waals surface area contributed by atoms with E-state index in [-0.39, 0.29) is 23.9 Å². The average molecular weight is 406 g/mol. The second kappa shape index (κ2) is 7.31. The first-order valence-electron chi connectivity index (χ1n) is 7.10. The lowest BCUT2D eigenvalue weighted by Crippen LogP contribution is -1.99. The Morgan fingerprint density at radius 1 is 1.16 bits per heavy atom. The van der Waals surface area contributed by atoms with Crippen LogP contribution in [0, 0.1) is 10.1 Å². The van der Waals surface area contributed by atoms with Crippen LogP contribution >= 0.6 is 15.9 Å². The maximum Gasteiger partial charge on any atom is 0.273 e. The summed E-state index contributed by atoms with van der Waals surface area (Å²) in [7, 11) is 1.45. The molecule has 0 aliphatic carbocycles. The van der Waals surface area contributed by atoms with E-state index in [1.54, 1.807) is 0 Å². The second-order valence-corrected chi connectivity index (χ2v) is 5.80. The van der Waals surface area contributed by atoms with Crippen LogP contribution in [0.2, 0.25) is 0 Å². The van der Waals surface area contributed by atoms with Crippen LogP contribution in [-0.2, 0) is 6.61 Å². The van der Waals surface area contributed by atoms with Crippen LogP contribution in [-0.4, -0.2) is 22.2 Å². The Balaban J connectivity index is 1.75. The number of nitrogens with zero attached hydrogens (tertiary/aromatic N) is 3. The smallest absolute Gasteiger partial charge is 0.273 e. The normalized spacial score (nSPS) is 10.5. The molecule has 8 nitrogen and oxygen atoms in total. The molecule has 9 heteroatoms. The van der Waals surface area contributed by atoms with Crippen molar-refractivity contribution in [1.82, 2.24) is 10.2 Å². The molecule has 0 amide bonds. The lowest BCUT2D eigenvalue weighted by atomic mass is 10.2. The van der Waals surface area contributed by atoms with Gasteiger partial charge in [-0.3, -0.25) is 10.1 Å². The van der Waals surface area contributed by atoms with Crippen LogP contribution in [0.4, 0.5) is 5.69 Å². The van der Waals surface area contributed by atoms with E-state index in [1.165, 1.54) is 25.3 Å². The minimum Gasteiger partial charge on any atom is -0.493 e. The fraction of sp³-hybridized carbons (Fsp3) is 0.125. The molecule has 0 saturated heterocycles. The number of ether oxygens (including phenoxy) is 2. The molecule has 25 heavy (non-hydrogen) atoms. The molecule has 128 valence electrons. The third kappa shape index (κ3) is 3.94.